The van der Waals surface area contributed by atoms with Crippen LogP contribution in [0.3, 0.4) is 0 Å². The van der Waals surface area contributed by atoms with Crippen LogP contribution >= 0.6 is 12.2 Å². The molecule has 4 nitrogen and oxygen atoms in total. The molecular weight excluding hydrogens is 260 g/mol. The fraction of sp³-hybridized carbons (Fsp3) is 0.357. The normalized spacial score (nSPS) is 16.4. The fourth-order valence-corrected chi connectivity index (χ4v) is 2.31. The summed E-state index contributed by atoms with van der Waals surface area (Å²) in [5.74, 6) is -0.295. The average molecular weight is 276 g/mol. The number of nitrogens with two attached hydrogens (primary N) is 1. The topological polar surface area (TPSA) is 63.4 Å². The Morgan fingerprint density at radius 2 is 1.79 bits per heavy atom. The molecule has 100 valence electrons. The van der Waals surface area contributed by atoms with Gasteiger partial charge in [-0.05, 0) is 31.4 Å². The number of aryl methyl sites for hydroxylation is 1. The second-order valence-corrected chi connectivity index (χ2v) is 5.14. The molecule has 0 aromatic heterocycles. The van der Waals surface area contributed by atoms with Crippen LogP contribution in [-0.2, 0) is 9.59 Å². The largest absolute Gasteiger partial charge is 0.389 e. The molecule has 0 saturated carbocycles. The molecule has 0 radical (unpaired) electrons. The number of anilines is 1. The summed E-state index contributed by atoms with van der Waals surface area (Å²) in [5, 5.41) is 0. The second-order valence-electron chi connectivity index (χ2n) is 4.70. The van der Waals surface area contributed by atoms with E-state index in [1.54, 1.807) is 12.1 Å². The molecule has 1 aromatic carbocycles. The van der Waals surface area contributed by atoms with Crippen molar-refractivity contribution in [2.24, 2.45) is 5.73 Å². The van der Waals surface area contributed by atoms with Crippen LogP contribution < -0.4 is 10.6 Å². The molecule has 0 atom stereocenters. The van der Waals surface area contributed by atoms with Crippen molar-refractivity contribution >= 4 is 34.7 Å². The monoisotopic (exact) mass is 276 g/mol. The van der Waals surface area contributed by atoms with Crippen LogP contribution in [0.4, 0.5) is 5.69 Å². The Kier molecular flexibility index (Phi) is 3.95. The van der Waals surface area contributed by atoms with E-state index in [0.29, 0.717) is 24.1 Å². The Morgan fingerprint density at radius 1 is 1.21 bits per heavy atom. The maximum Gasteiger partial charge on any atom is 0.233 e. The Morgan fingerprint density at radius 3 is 2.32 bits per heavy atom. The van der Waals surface area contributed by atoms with Crippen molar-refractivity contribution < 1.29 is 9.59 Å². The minimum absolute atomic E-state index is 0.148. The van der Waals surface area contributed by atoms with Crippen LogP contribution in [0.25, 0.3) is 0 Å². The van der Waals surface area contributed by atoms with E-state index < -0.39 is 0 Å². The van der Waals surface area contributed by atoms with Gasteiger partial charge in [0.05, 0.1) is 5.69 Å². The molecule has 1 aliphatic heterocycles. The van der Waals surface area contributed by atoms with Crippen molar-refractivity contribution in [3.8, 4) is 0 Å². The van der Waals surface area contributed by atoms with Gasteiger partial charge >= 0.3 is 0 Å². The third kappa shape index (κ3) is 2.81. The summed E-state index contributed by atoms with van der Waals surface area (Å²) in [6.45, 7) is 1.87. The molecular formula is C14H16N2O2S. The predicted molar refractivity (Wildman–Crippen MR) is 78.0 cm³/mol. The Hall–Kier alpha value is -1.75. The van der Waals surface area contributed by atoms with E-state index in [1.165, 1.54) is 4.90 Å². The first kappa shape index (κ1) is 13.7. The first-order chi connectivity index (χ1) is 9.00. The maximum absolute atomic E-state index is 12.1. The number of imide groups is 1. The molecule has 0 bridgehead atoms. The highest BCUT2D eigenvalue weighted by molar-refractivity contribution is 7.80. The molecule has 0 aliphatic carbocycles. The van der Waals surface area contributed by atoms with Gasteiger partial charge in [-0.15, -0.1) is 0 Å². The van der Waals surface area contributed by atoms with E-state index in [4.69, 9.17) is 18.0 Å². The lowest BCUT2D eigenvalue weighted by Gasteiger charge is -2.21. The molecule has 2 amide bonds. The number of hydrogen-bond donors (Lipinski definition) is 1. The number of thiocarbonyl (C=S) groups is 1. The first-order valence-electron chi connectivity index (χ1n) is 6.27. The van der Waals surface area contributed by atoms with Gasteiger partial charge in [0.2, 0.25) is 11.8 Å². The number of carbonyl (C=O) groups excluding carboxylic acids is 2. The van der Waals surface area contributed by atoms with Gasteiger partial charge in [-0.3, -0.25) is 14.5 Å². The number of hydrogen-bond acceptors (Lipinski definition) is 3. The minimum atomic E-state index is -0.148. The van der Waals surface area contributed by atoms with E-state index in [0.717, 1.165) is 18.4 Å². The molecule has 2 N–H and O–H groups in total. The van der Waals surface area contributed by atoms with Gasteiger partial charge in [0.15, 0.2) is 0 Å². The minimum Gasteiger partial charge on any atom is -0.389 e. The third-order valence-corrected chi connectivity index (χ3v) is 3.50. The van der Waals surface area contributed by atoms with Crippen LogP contribution in [0.2, 0.25) is 0 Å². The van der Waals surface area contributed by atoms with Crippen LogP contribution in [0.15, 0.2) is 18.2 Å². The van der Waals surface area contributed by atoms with E-state index in [-0.39, 0.29) is 16.8 Å². The summed E-state index contributed by atoms with van der Waals surface area (Å²) in [6, 6.07) is 5.35. The Balaban J connectivity index is 2.48. The third-order valence-electron chi connectivity index (χ3n) is 3.26. The lowest BCUT2D eigenvalue weighted by atomic mass is 10.1. The van der Waals surface area contributed by atoms with Crippen LogP contribution in [0, 0.1) is 6.92 Å². The van der Waals surface area contributed by atoms with Gasteiger partial charge in [0, 0.05) is 18.4 Å². The highest BCUT2D eigenvalue weighted by Crippen LogP contribution is 2.26. The van der Waals surface area contributed by atoms with Crippen molar-refractivity contribution in [3.63, 3.8) is 0 Å². The average Bonchev–Trinajstić information content (AvgIpc) is 2.52. The number of benzene rings is 1. The molecule has 1 aromatic rings. The molecule has 0 spiro atoms. The number of rotatable bonds is 2. The Bertz CT molecular complexity index is 536. The molecule has 1 fully saturated rings. The van der Waals surface area contributed by atoms with Crippen LogP contribution in [0.1, 0.15) is 36.8 Å². The molecule has 19 heavy (non-hydrogen) atoms. The van der Waals surface area contributed by atoms with Crippen molar-refractivity contribution in [3.05, 3.63) is 29.3 Å². The highest BCUT2D eigenvalue weighted by Gasteiger charge is 2.26. The number of nitrogens with zero attached hydrogens (tertiary/aromatic N) is 1. The van der Waals surface area contributed by atoms with Gasteiger partial charge in [-0.25, -0.2) is 0 Å². The van der Waals surface area contributed by atoms with Gasteiger partial charge in [-0.2, -0.15) is 0 Å². The standard InChI is InChI=1S/C14H16N2O2S/c1-9-6-7-10(14(15)19)8-11(9)16-12(17)4-2-3-5-13(16)18/h6-8H,2-5H2,1H3,(H2,15,19). The number of amides is 2. The van der Waals surface area contributed by atoms with Crippen LogP contribution in [0.5, 0.6) is 0 Å². The zero-order chi connectivity index (χ0) is 14.0. The van der Waals surface area contributed by atoms with E-state index in [2.05, 4.69) is 0 Å². The second kappa shape index (κ2) is 5.48. The van der Waals surface area contributed by atoms with Gasteiger partial charge < -0.3 is 5.73 Å². The summed E-state index contributed by atoms with van der Waals surface area (Å²) in [4.78, 5) is 25.7. The maximum atomic E-state index is 12.1. The zero-order valence-electron chi connectivity index (χ0n) is 10.8. The number of carbonyl (C=O) groups is 2. The Labute approximate surface area is 117 Å². The van der Waals surface area contributed by atoms with Gasteiger partial charge in [-0.1, -0.05) is 24.4 Å². The summed E-state index contributed by atoms with van der Waals surface area (Å²) in [6.07, 6.45) is 2.33. The molecule has 5 heteroatoms. The van der Waals surface area contributed by atoms with Gasteiger partial charge in [0.1, 0.15) is 4.99 Å². The fourth-order valence-electron chi connectivity index (χ4n) is 2.19. The summed E-state index contributed by atoms with van der Waals surface area (Å²) in [5.41, 5.74) is 7.74. The lowest BCUT2D eigenvalue weighted by Crippen LogP contribution is -2.35. The van der Waals surface area contributed by atoms with Gasteiger partial charge in [0.25, 0.3) is 0 Å². The first-order valence-corrected chi connectivity index (χ1v) is 6.68. The van der Waals surface area contributed by atoms with Crippen molar-refractivity contribution in [1.29, 1.82) is 0 Å². The molecule has 1 saturated heterocycles. The van der Waals surface area contributed by atoms with Crippen molar-refractivity contribution in [2.45, 2.75) is 32.6 Å². The SMILES string of the molecule is Cc1ccc(C(N)=S)cc1N1C(=O)CCCCC1=O. The highest BCUT2D eigenvalue weighted by atomic mass is 32.1. The van der Waals surface area contributed by atoms with Crippen LogP contribution in [-0.4, -0.2) is 16.8 Å². The summed E-state index contributed by atoms with van der Waals surface area (Å²) < 4.78 is 0. The molecule has 0 unspecified atom stereocenters. The summed E-state index contributed by atoms with van der Waals surface area (Å²) in [7, 11) is 0. The quantitative estimate of drug-likeness (QED) is 0.663. The lowest BCUT2D eigenvalue weighted by molar-refractivity contribution is -0.125. The molecule has 1 aliphatic rings. The van der Waals surface area contributed by atoms with E-state index in [9.17, 15) is 9.59 Å². The smallest absolute Gasteiger partial charge is 0.233 e. The molecule has 2 rings (SSSR count). The predicted octanol–water partition coefficient (Wildman–Crippen LogP) is 2.06. The zero-order valence-corrected chi connectivity index (χ0v) is 11.6. The summed E-state index contributed by atoms with van der Waals surface area (Å²) >= 11 is 4.94. The van der Waals surface area contributed by atoms with E-state index >= 15 is 0 Å². The van der Waals surface area contributed by atoms with E-state index in [1.807, 2.05) is 13.0 Å². The van der Waals surface area contributed by atoms with Crippen molar-refractivity contribution in [1.82, 2.24) is 0 Å². The molecule has 1 heterocycles. The van der Waals surface area contributed by atoms with Crippen molar-refractivity contribution in [2.75, 3.05) is 4.90 Å².